The monoisotopic (exact) mass is 271 g/mol. The van der Waals surface area contributed by atoms with E-state index >= 15 is 0 Å². The molecule has 0 saturated heterocycles. The van der Waals surface area contributed by atoms with Gasteiger partial charge in [0.1, 0.15) is 0 Å². The van der Waals surface area contributed by atoms with Gasteiger partial charge in [-0.1, -0.05) is 41.5 Å². The zero-order valence-electron chi connectivity index (χ0n) is 13.6. The Labute approximate surface area is 119 Å². The van der Waals surface area contributed by atoms with E-state index < -0.39 is 0 Å². The summed E-state index contributed by atoms with van der Waals surface area (Å²) in [7, 11) is 0. The molecule has 19 heavy (non-hydrogen) atoms. The normalized spacial score (nSPS) is 27.6. The molecule has 0 amide bonds. The fourth-order valence-corrected chi connectivity index (χ4v) is 2.73. The van der Waals surface area contributed by atoms with E-state index in [1.54, 1.807) is 0 Å². The molecule has 0 bridgehead atoms. The molecule has 0 aromatic heterocycles. The second-order valence-corrected chi connectivity index (χ2v) is 7.52. The molecular weight excluding hydrogens is 238 g/mol. The van der Waals surface area contributed by atoms with Crippen molar-refractivity contribution in [3.63, 3.8) is 0 Å². The minimum absolute atomic E-state index is 0.173. The van der Waals surface area contributed by atoms with Crippen LogP contribution in [-0.2, 0) is 4.74 Å². The molecule has 0 spiro atoms. The lowest BCUT2D eigenvalue weighted by Crippen LogP contribution is -2.62. The Morgan fingerprint density at radius 3 is 2.32 bits per heavy atom. The van der Waals surface area contributed by atoms with Crippen LogP contribution in [0.4, 0.5) is 0 Å². The SMILES string of the molecule is CC(C)COC1CC(NCC(O)CC(C)C)C1(C)C. The average molecular weight is 271 g/mol. The first kappa shape index (κ1) is 16.9. The molecule has 2 N–H and O–H groups in total. The number of hydrogen-bond donors (Lipinski definition) is 2. The molecule has 0 aromatic carbocycles. The summed E-state index contributed by atoms with van der Waals surface area (Å²) in [6.07, 6.45) is 2.06. The van der Waals surface area contributed by atoms with Crippen LogP contribution in [-0.4, -0.2) is 36.5 Å². The van der Waals surface area contributed by atoms with Crippen molar-refractivity contribution in [2.75, 3.05) is 13.2 Å². The molecule has 3 unspecified atom stereocenters. The number of aliphatic hydroxyl groups excluding tert-OH is 1. The Kier molecular flexibility index (Phi) is 6.28. The lowest BCUT2D eigenvalue weighted by molar-refractivity contribution is -0.125. The smallest absolute Gasteiger partial charge is 0.0667 e. The van der Waals surface area contributed by atoms with Crippen molar-refractivity contribution in [3.8, 4) is 0 Å². The minimum atomic E-state index is -0.230. The number of ether oxygens (including phenoxy) is 1. The van der Waals surface area contributed by atoms with Crippen molar-refractivity contribution < 1.29 is 9.84 Å². The molecule has 1 aliphatic rings. The summed E-state index contributed by atoms with van der Waals surface area (Å²) in [5, 5.41) is 13.4. The molecule has 1 saturated carbocycles. The summed E-state index contributed by atoms with van der Waals surface area (Å²) in [6.45, 7) is 14.7. The maximum atomic E-state index is 9.91. The number of rotatable bonds is 8. The van der Waals surface area contributed by atoms with Gasteiger partial charge < -0.3 is 15.2 Å². The van der Waals surface area contributed by atoms with Gasteiger partial charge in [-0.3, -0.25) is 0 Å². The quantitative estimate of drug-likeness (QED) is 0.713. The van der Waals surface area contributed by atoms with Crippen LogP contribution < -0.4 is 5.32 Å². The van der Waals surface area contributed by atoms with Crippen LogP contribution in [0.2, 0.25) is 0 Å². The molecule has 0 aromatic rings. The number of nitrogens with one attached hydrogen (secondary N) is 1. The maximum Gasteiger partial charge on any atom is 0.0667 e. The van der Waals surface area contributed by atoms with Gasteiger partial charge >= 0.3 is 0 Å². The Hall–Kier alpha value is -0.120. The molecule has 1 fully saturated rings. The first-order valence-corrected chi connectivity index (χ1v) is 7.76. The van der Waals surface area contributed by atoms with Gasteiger partial charge in [0.2, 0.25) is 0 Å². The van der Waals surface area contributed by atoms with Gasteiger partial charge in [0, 0.05) is 24.6 Å². The van der Waals surface area contributed by atoms with E-state index in [0.29, 0.717) is 30.5 Å². The molecule has 1 rings (SSSR count). The lowest BCUT2D eigenvalue weighted by Gasteiger charge is -2.52. The first-order valence-electron chi connectivity index (χ1n) is 7.76. The summed E-state index contributed by atoms with van der Waals surface area (Å²) in [4.78, 5) is 0. The summed E-state index contributed by atoms with van der Waals surface area (Å²) < 4.78 is 5.95. The zero-order valence-corrected chi connectivity index (χ0v) is 13.6. The van der Waals surface area contributed by atoms with E-state index in [-0.39, 0.29) is 11.5 Å². The van der Waals surface area contributed by atoms with Gasteiger partial charge in [-0.15, -0.1) is 0 Å². The largest absolute Gasteiger partial charge is 0.392 e. The highest BCUT2D eigenvalue weighted by molar-refractivity contribution is 5.02. The van der Waals surface area contributed by atoms with Crippen molar-refractivity contribution >= 4 is 0 Å². The third kappa shape index (κ3) is 5.05. The number of aliphatic hydroxyl groups is 1. The summed E-state index contributed by atoms with van der Waals surface area (Å²) in [6, 6.07) is 0.464. The van der Waals surface area contributed by atoms with E-state index in [9.17, 15) is 5.11 Å². The van der Waals surface area contributed by atoms with Crippen molar-refractivity contribution in [2.24, 2.45) is 17.3 Å². The van der Waals surface area contributed by atoms with Crippen LogP contribution in [0.3, 0.4) is 0 Å². The molecule has 0 aliphatic heterocycles. The van der Waals surface area contributed by atoms with Gasteiger partial charge in [-0.05, 0) is 24.7 Å². The van der Waals surface area contributed by atoms with Gasteiger partial charge in [0.25, 0.3) is 0 Å². The Balaban J connectivity index is 2.27. The third-order valence-electron chi connectivity index (χ3n) is 4.15. The van der Waals surface area contributed by atoms with Crippen molar-refractivity contribution in [1.82, 2.24) is 5.32 Å². The van der Waals surface area contributed by atoms with E-state index in [1.165, 1.54) is 0 Å². The topological polar surface area (TPSA) is 41.5 Å². The predicted molar refractivity (Wildman–Crippen MR) is 80.2 cm³/mol. The third-order valence-corrected chi connectivity index (χ3v) is 4.15. The Morgan fingerprint density at radius 1 is 1.21 bits per heavy atom. The average Bonchev–Trinajstić information content (AvgIpc) is 2.25. The summed E-state index contributed by atoms with van der Waals surface area (Å²) >= 11 is 0. The standard InChI is InChI=1S/C16H33NO2/c1-11(2)7-13(18)9-17-14-8-15(16(14,5)6)19-10-12(3)4/h11-15,17-18H,7-10H2,1-6H3. The fraction of sp³-hybridized carbons (Fsp3) is 1.00. The lowest BCUT2D eigenvalue weighted by atomic mass is 9.64. The van der Waals surface area contributed by atoms with Crippen LogP contribution in [0.1, 0.15) is 54.4 Å². The van der Waals surface area contributed by atoms with Crippen molar-refractivity contribution in [2.45, 2.75) is 72.6 Å². The van der Waals surface area contributed by atoms with Crippen molar-refractivity contribution in [3.05, 3.63) is 0 Å². The summed E-state index contributed by atoms with van der Waals surface area (Å²) in [5.41, 5.74) is 0.173. The van der Waals surface area contributed by atoms with E-state index in [2.05, 4.69) is 46.9 Å². The van der Waals surface area contributed by atoms with E-state index in [0.717, 1.165) is 19.4 Å². The van der Waals surface area contributed by atoms with Crippen LogP contribution in [0.25, 0.3) is 0 Å². The minimum Gasteiger partial charge on any atom is -0.392 e. The van der Waals surface area contributed by atoms with Crippen molar-refractivity contribution in [1.29, 1.82) is 0 Å². The van der Waals surface area contributed by atoms with Crippen LogP contribution in [0.15, 0.2) is 0 Å². The molecule has 1 aliphatic carbocycles. The maximum absolute atomic E-state index is 9.91. The highest BCUT2D eigenvalue weighted by Gasteiger charge is 2.48. The molecule has 3 nitrogen and oxygen atoms in total. The van der Waals surface area contributed by atoms with Crippen LogP contribution >= 0.6 is 0 Å². The van der Waals surface area contributed by atoms with Crippen LogP contribution in [0.5, 0.6) is 0 Å². The molecule has 3 atom stereocenters. The molecular formula is C16H33NO2. The molecule has 3 heteroatoms. The summed E-state index contributed by atoms with van der Waals surface area (Å²) in [5.74, 6) is 1.14. The zero-order chi connectivity index (χ0) is 14.6. The molecule has 114 valence electrons. The van der Waals surface area contributed by atoms with Gasteiger partial charge in [0.05, 0.1) is 12.2 Å². The highest BCUT2D eigenvalue weighted by atomic mass is 16.5. The van der Waals surface area contributed by atoms with E-state index in [4.69, 9.17) is 4.74 Å². The number of hydrogen-bond acceptors (Lipinski definition) is 3. The van der Waals surface area contributed by atoms with Crippen LogP contribution in [0, 0.1) is 17.3 Å². The van der Waals surface area contributed by atoms with Gasteiger partial charge in [-0.2, -0.15) is 0 Å². The second kappa shape index (κ2) is 7.05. The molecule has 0 heterocycles. The fourth-order valence-electron chi connectivity index (χ4n) is 2.73. The predicted octanol–water partition coefficient (Wildman–Crippen LogP) is 2.82. The van der Waals surface area contributed by atoms with Gasteiger partial charge in [-0.25, -0.2) is 0 Å². The Bertz CT molecular complexity index is 263. The first-order chi connectivity index (χ1) is 8.73. The Morgan fingerprint density at radius 2 is 1.84 bits per heavy atom. The molecule has 0 radical (unpaired) electrons. The van der Waals surface area contributed by atoms with Gasteiger partial charge in [0.15, 0.2) is 0 Å². The second-order valence-electron chi connectivity index (χ2n) is 7.52. The van der Waals surface area contributed by atoms with E-state index in [1.807, 2.05) is 0 Å². The highest BCUT2D eigenvalue weighted by Crippen LogP contribution is 2.42.